The van der Waals surface area contributed by atoms with E-state index in [1.54, 1.807) is 17.8 Å². The molecule has 20 heavy (non-hydrogen) atoms. The van der Waals surface area contributed by atoms with Gasteiger partial charge >= 0.3 is 0 Å². The molecule has 0 N–H and O–H groups in total. The van der Waals surface area contributed by atoms with Gasteiger partial charge in [0.15, 0.2) is 5.82 Å². The third-order valence-corrected chi connectivity index (χ3v) is 3.00. The molecule has 0 saturated carbocycles. The minimum absolute atomic E-state index is 0.0555. The lowest BCUT2D eigenvalue weighted by atomic mass is 10.1. The first-order valence-electron chi connectivity index (χ1n) is 5.50. The van der Waals surface area contributed by atoms with Crippen molar-refractivity contribution < 1.29 is 4.39 Å². The van der Waals surface area contributed by atoms with E-state index in [-0.39, 0.29) is 16.7 Å². The predicted molar refractivity (Wildman–Crippen MR) is 69.2 cm³/mol. The van der Waals surface area contributed by atoms with Gasteiger partial charge in [-0.15, -0.1) is 0 Å². The zero-order valence-electron chi connectivity index (χ0n) is 10.2. The van der Waals surface area contributed by atoms with Crippen LogP contribution in [0.15, 0.2) is 18.7 Å². The number of hydrogen-bond donors (Lipinski definition) is 0. The normalized spacial score (nSPS) is 10.7. The summed E-state index contributed by atoms with van der Waals surface area (Å²) in [6.07, 6.45) is 3.85. The molecule has 8 heteroatoms. The van der Waals surface area contributed by atoms with E-state index in [4.69, 9.17) is 11.6 Å². The maximum absolute atomic E-state index is 13.9. The molecule has 0 radical (unpaired) electrons. The summed E-state index contributed by atoms with van der Waals surface area (Å²) < 4.78 is 15.6. The van der Waals surface area contributed by atoms with Crippen LogP contribution in [0.1, 0.15) is 5.56 Å². The Balaban J connectivity index is 2.43. The summed E-state index contributed by atoms with van der Waals surface area (Å²) in [6.45, 7) is 0. The van der Waals surface area contributed by atoms with Gasteiger partial charge in [-0.1, -0.05) is 0 Å². The highest BCUT2D eigenvalue weighted by atomic mass is 35.5. The molecular weight excluding hydrogens is 283 g/mol. The van der Waals surface area contributed by atoms with Gasteiger partial charge in [-0.3, -0.25) is 0 Å². The van der Waals surface area contributed by atoms with Crippen LogP contribution in [0.2, 0.25) is 5.28 Å². The van der Waals surface area contributed by atoms with E-state index in [1.807, 2.05) is 6.07 Å². The van der Waals surface area contributed by atoms with E-state index in [1.165, 1.54) is 6.33 Å². The van der Waals surface area contributed by atoms with Gasteiger partial charge in [0.1, 0.15) is 29.4 Å². The van der Waals surface area contributed by atoms with Crippen molar-refractivity contribution in [1.29, 1.82) is 5.26 Å². The zero-order chi connectivity index (χ0) is 14.3. The molecule has 98 valence electrons. The van der Waals surface area contributed by atoms with Crippen LogP contribution in [0.3, 0.4) is 0 Å². The fourth-order valence-electron chi connectivity index (χ4n) is 1.99. The van der Waals surface area contributed by atoms with E-state index in [0.29, 0.717) is 16.6 Å². The van der Waals surface area contributed by atoms with Crippen molar-refractivity contribution in [3.8, 4) is 17.5 Å². The Morgan fingerprint density at radius 1 is 1.30 bits per heavy atom. The van der Waals surface area contributed by atoms with Crippen LogP contribution in [-0.2, 0) is 7.05 Å². The average Bonchev–Trinajstić information content (AvgIpc) is 2.78. The number of aromatic nitrogens is 5. The molecule has 3 aromatic rings. The first-order chi connectivity index (χ1) is 9.61. The van der Waals surface area contributed by atoms with E-state index in [0.717, 1.165) is 6.20 Å². The lowest BCUT2D eigenvalue weighted by Crippen LogP contribution is -1.97. The minimum atomic E-state index is -0.665. The van der Waals surface area contributed by atoms with Crippen LogP contribution in [0, 0.1) is 17.1 Å². The molecule has 0 aliphatic heterocycles. The quantitative estimate of drug-likeness (QED) is 0.641. The fourth-order valence-corrected chi connectivity index (χ4v) is 2.12. The van der Waals surface area contributed by atoms with Crippen LogP contribution < -0.4 is 0 Å². The predicted octanol–water partition coefficient (Wildman–Crippen LogP) is 2.09. The van der Waals surface area contributed by atoms with Crippen molar-refractivity contribution in [3.05, 3.63) is 35.4 Å². The highest BCUT2D eigenvalue weighted by Crippen LogP contribution is 2.29. The summed E-state index contributed by atoms with van der Waals surface area (Å²) in [6, 6.07) is 2.04. The molecule has 0 saturated heterocycles. The van der Waals surface area contributed by atoms with Gasteiger partial charge in [-0.05, 0) is 11.6 Å². The van der Waals surface area contributed by atoms with Gasteiger partial charge in [0.2, 0.25) is 5.28 Å². The number of aryl methyl sites for hydroxylation is 1. The van der Waals surface area contributed by atoms with E-state index in [2.05, 4.69) is 19.9 Å². The van der Waals surface area contributed by atoms with Crippen molar-refractivity contribution in [3.63, 3.8) is 0 Å². The second kappa shape index (κ2) is 4.51. The smallest absolute Gasteiger partial charge is 0.223 e. The second-order valence-electron chi connectivity index (χ2n) is 4.02. The molecule has 0 amide bonds. The molecule has 0 fully saturated rings. The van der Waals surface area contributed by atoms with Gasteiger partial charge in [-0.2, -0.15) is 5.26 Å². The lowest BCUT2D eigenvalue weighted by molar-refractivity contribution is 0.617. The standard InChI is InChI=1S/C12H6ClFN6/c1-20-4-6(2-15)8-10(17-5-18-11(8)20)9-7(14)3-16-12(13)19-9/h3-5H,1H3. The number of rotatable bonds is 1. The summed E-state index contributed by atoms with van der Waals surface area (Å²) in [7, 11) is 1.74. The molecule has 3 aromatic heterocycles. The molecule has 0 spiro atoms. The van der Waals surface area contributed by atoms with E-state index < -0.39 is 5.82 Å². The number of fused-ring (bicyclic) bond motifs is 1. The molecule has 0 atom stereocenters. The number of halogens is 2. The summed E-state index contributed by atoms with van der Waals surface area (Å²) in [5, 5.41) is 9.51. The van der Waals surface area contributed by atoms with Crippen molar-refractivity contribution in [2.75, 3.05) is 0 Å². The van der Waals surface area contributed by atoms with Crippen LogP contribution in [0.4, 0.5) is 4.39 Å². The lowest BCUT2D eigenvalue weighted by Gasteiger charge is -2.03. The molecule has 3 rings (SSSR count). The summed E-state index contributed by atoms with van der Waals surface area (Å²) in [5.74, 6) is -0.665. The fraction of sp³-hybridized carbons (Fsp3) is 0.0833. The molecule has 0 aromatic carbocycles. The molecule has 0 aliphatic carbocycles. The Kier molecular flexibility index (Phi) is 2.80. The Hall–Kier alpha value is -2.59. The second-order valence-corrected chi connectivity index (χ2v) is 4.36. The molecule has 0 bridgehead atoms. The minimum Gasteiger partial charge on any atom is -0.334 e. The molecular formula is C12H6ClFN6. The van der Waals surface area contributed by atoms with Gasteiger partial charge in [0.25, 0.3) is 0 Å². The summed E-state index contributed by atoms with van der Waals surface area (Å²) >= 11 is 5.69. The van der Waals surface area contributed by atoms with Crippen LogP contribution in [-0.4, -0.2) is 24.5 Å². The largest absolute Gasteiger partial charge is 0.334 e. The Labute approximate surface area is 117 Å². The maximum Gasteiger partial charge on any atom is 0.223 e. The molecule has 0 unspecified atom stereocenters. The highest BCUT2D eigenvalue weighted by molar-refractivity contribution is 6.28. The molecule has 0 aliphatic rings. The third kappa shape index (κ3) is 1.78. The van der Waals surface area contributed by atoms with Crippen molar-refractivity contribution in [2.45, 2.75) is 0 Å². The van der Waals surface area contributed by atoms with Gasteiger partial charge in [-0.25, -0.2) is 24.3 Å². The van der Waals surface area contributed by atoms with Crippen LogP contribution >= 0.6 is 11.6 Å². The van der Waals surface area contributed by atoms with Gasteiger partial charge in [0, 0.05) is 13.2 Å². The molecule has 6 nitrogen and oxygen atoms in total. The van der Waals surface area contributed by atoms with Gasteiger partial charge < -0.3 is 4.57 Å². The number of nitriles is 1. The van der Waals surface area contributed by atoms with E-state index in [9.17, 15) is 9.65 Å². The number of nitrogens with zero attached hydrogens (tertiary/aromatic N) is 6. The Morgan fingerprint density at radius 2 is 2.10 bits per heavy atom. The Bertz CT molecular complexity index is 866. The van der Waals surface area contributed by atoms with Crippen molar-refractivity contribution in [2.24, 2.45) is 7.05 Å². The van der Waals surface area contributed by atoms with Gasteiger partial charge in [0.05, 0.1) is 17.1 Å². The summed E-state index contributed by atoms with van der Waals surface area (Å²) in [4.78, 5) is 15.5. The Morgan fingerprint density at radius 3 is 2.85 bits per heavy atom. The van der Waals surface area contributed by atoms with Crippen LogP contribution in [0.25, 0.3) is 22.4 Å². The van der Waals surface area contributed by atoms with E-state index >= 15 is 0 Å². The molecule has 3 heterocycles. The SMILES string of the molecule is Cn1cc(C#N)c2c(-c3nc(Cl)ncc3F)ncnc21. The number of hydrogen-bond acceptors (Lipinski definition) is 5. The average molecular weight is 289 g/mol. The third-order valence-electron chi connectivity index (χ3n) is 2.81. The first kappa shape index (κ1) is 12.4. The summed E-state index contributed by atoms with van der Waals surface area (Å²) in [5.41, 5.74) is 1.02. The maximum atomic E-state index is 13.9. The van der Waals surface area contributed by atoms with Crippen molar-refractivity contribution in [1.82, 2.24) is 24.5 Å². The topological polar surface area (TPSA) is 80.3 Å². The van der Waals surface area contributed by atoms with Crippen LogP contribution in [0.5, 0.6) is 0 Å². The zero-order valence-corrected chi connectivity index (χ0v) is 10.9. The monoisotopic (exact) mass is 288 g/mol. The highest BCUT2D eigenvalue weighted by Gasteiger charge is 2.19. The van der Waals surface area contributed by atoms with Crippen molar-refractivity contribution >= 4 is 22.6 Å². The first-order valence-corrected chi connectivity index (χ1v) is 5.88.